The van der Waals surface area contributed by atoms with Gasteiger partial charge in [-0.1, -0.05) is 30.3 Å². The first-order valence-electron chi connectivity index (χ1n) is 10.1. The highest BCUT2D eigenvalue weighted by molar-refractivity contribution is 5.94. The molecule has 0 aromatic heterocycles. The lowest BCUT2D eigenvalue weighted by Crippen LogP contribution is -2.56. The van der Waals surface area contributed by atoms with Gasteiger partial charge in [0.1, 0.15) is 5.75 Å². The van der Waals surface area contributed by atoms with Gasteiger partial charge >= 0.3 is 0 Å². The Labute approximate surface area is 161 Å². The molecule has 4 rings (SSSR count). The van der Waals surface area contributed by atoms with Crippen LogP contribution in [0.1, 0.15) is 35.7 Å². The van der Waals surface area contributed by atoms with Gasteiger partial charge < -0.3 is 9.64 Å². The molecule has 1 aliphatic carbocycles. The molecule has 1 saturated heterocycles. The zero-order valence-corrected chi connectivity index (χ0v) is 16.0. The minimum atomic E-state index is 0.134. The van der Waals surface area contributed by atoms with Crippen LogP contribution >= 0.6 is 0 Å². The number of rotatable bonds is 6. The molecular formula is C23H28N2O2. The predicted octanol–water partition coefficient (Wildman–Crippen LogP) is 3.62. The summed E-state index contributed by atoms with van der Waals surface area (Å²) in [5, 5.41) is 0. The molecule has 0 bridgehead atoms. The third-order valence-electron chi connectivity index (χ3n) is 5.56. The molecule has 27 heavy (non-hydrogen) atoms. The molecule has 0 spiro atoms. The smallest absolute Gasteiger partial charge is 0.254 e. The van der Waals surface area contributed by atoms with Crippen LogP contribution in [0.25, 0.3) is 0 Å². The van der Waals surface area contributed by atoms with Crippen molar-refractivity contribution in [3.63, 3.8) is 0 Å². The van der Waals surface area contributed by atoms with Crippen LogP contribution in [0.4, 0.5) is 0 Å². The molecular weight excluding hydrogens is 336 g/mol. The van der Waals surface area contributed by atoms with Gasteiger partial charge in [0.15, 0.2) is 0 Å². The minimum Gasteiger partial charge on any atom is -0.494 e. The van der Waals surface area contributed by atoms with Crippen LogP contribution in [0.3, 0.4) is 0 Å². The van der Waals surface area contributed by atoms with Crippen molar-refractivity contribution in [2.45, 2.75) is 38.3 Å². The summed E-state index contributed by atoms with van der Waals surface area (Å²) in [7, 11) is 0. The monoisotopic (exact) mass is 364 g/mol. The van der Waals surface area contributed by atoms with Gasteiger partial charge in [-0.15, -0.1) is 0 Å². The normalized spacial score (nSPS) is 20.5. The number of nitrogens with zero attached hydrogens (tertiary/aromatic N) is 2. The van der Waals surface area contributed by atoms with E-state index in [4.69, 9.17) is 4.74 Å². The molecule has 0 N–H and O–H groups in total. The van der Waals surface area contributed by atoms with E-state index in [1.54, 1.807) is 0 Å². The maximum atomic E-state index is 13.2. The van der Waals surface area contributed by atoms with E-state index in [2.05, 4.69) is 34.1 Å². The number of amides is 1. The third-order valence-corrected chi connectivity index (χ3v) is 5.56. The largest absolute Gasteiger partial charge is 0.494 e. The van der Waals surface area contributed by atoms with Crippen molar-refractivity contribution in [3.05, 3.63) is 65.7 Å². The average molecular weight is 364 g/mol. The van der Waals surface area contributed by atoms with Gasteiger partial charge in [-0.05, 0) is 56.0 Å². The molecule has 1 saturated carbocycles. The Bertz CT molecular complexity index is 756. The Balaban J connectivity index is 1.51. The Morgan fingerprint density at radius 1 is 1.04 bits per heavy atom. The summed E-state index contributed by atoms with van der Waals surface area (Å²) in [4.78, 5) is 17.9. The van der Waals surface area contributed by atoms with Crippen molar-refractivity contribution >= 4 is 5.91 Å². The summed E-state index contributed by atoms with van der Waals surface area (Å²) in [6.07, 6.45) is 3.53. The van der Waals surface area contributed by atoms with Gasteiger partial charge in [0.25, 0.3) is 5.91 Å². The van der Waals surface area contributed by atoms with Crippen LogP contribution in [0.15, 0.2) is 54.6 Å². The summed E-state index contributed by atoms with van der Waals surface area (Å²) in [6.45, 7) is 5.36. The molecule has 1 amide bonds. The molecule has 1 aliphatic heterocycles. The number of carbonyl (C=O) groups excluding carboxylic acids is 1. The number of carbonyl (C=O) groups is 1. The van der Waals surface area contributed by atoms with Crippen molar-refractivity contribution < 1.29 is 9.53 Å². The lowest BCUT2D eigenvalue weighted by molar-refractivity contribution is 0.0437. The molecule has 1 heterocycles. The number of benzene rings is 2. The van der Waals surface area contributed by atoms with Crippen LogP contribution in [0, 0.1) is 0 Å². The van der Waals surface area contributed by atoms with Gasteiger partial charge in [0.2, 0.25) is 0 Å². The van der Waals surface area contributed by atoms with Crippen molar-refractivity contribution in [2.24, 2.45) is 0 Å². The first-order valence-corrected chi connectivity index (χ1v) is 10.1. The van der Waals surface area contributed by atoms with Crippen molar-refractivity contribution in [1.29, 1.82) is 0 Å². The van der Waals surface area contributed by atoms with Crippen molar-refractivity contribution in [1.82, 2.24) is 9.80 Å². The summed E-state index contributed by atoms with van der Waals surface area (Å²) in [5.74, 6) is 0.947. The van der Waals surface area contributed by atoms with E-state index in [0.717, 1.165) is 43.4 Å². The Morgan fingerprint density at radius 3 is 2.44 bits per heavy atom. The van der Waals surface area contributed by atoms with Crippen LogP contribution < -0.4 is 4.74 Å². The maximum absolute atomic E-state index is 13.2. The molecule has 0 radical (unpaired) electrons. The second-order valence-electron chi connectivity index (χ2n) is 7.53. The van der Waals surface area contributed by atoms with E-state index >= 15 is 0 Å². The highest BCUT2D eigenvalue weighted by Gasteiger charge is 2.37. The highest BCUT2D eigenvalue weighted by atomic mass is 16.5. The molecule has 4 heteroatoms. The number of ether oxygens (including phenoxy) is 1. The van der Waals surface area contributed by atoms with Gasteiger partial charge in [0, 0.05) is 37.3 Å². The van der Waals surface area contributed by atoms with Gasteiger partial charge in [-0.3, -0.25) is 9.69 Å². The zero-order chi connectivity index (χ0) is 18.6. The minimum absolute atomic E-state index is 0.134. The first-order chi connectivity index (χ1) is 13.2. The highest BCUT2D eigenvalue weighted by Crippen LogP contribution is 2.30. The standard InChI is InChI=1S/C23H28N2O2/c1-2-27-22-12-8-19(9-13-22)23(26)25-15-14-24(20-10-11-20)17-21(25)16-18-6-4-3-5-7-18/h3-9,12-13,20-21H,2,10-11,14-17H2,1H3. The Hall–Kier alpha value is -2.33. The Morgan fingerprint density at radius 2 is 1.78 bits per heavy atom. The third kappa shape index (κ3) is 4.33. The first kappa shape index (κ1) is 18.1. The molecule has 2 fully saturated rings. The Kier molecular flexibility index (Phi) is 5.44. The van der Waals surface area contributed by atoms with Crippen LogP contribution in [0.5, 0.6) is 5.75 Å². The van der Waals surface area contributed by atoms with E-state index < -0.39 is 0 Å². The van der Waals surface area contributed by atoms with Crippen LogP contribution in [0.2, 0.25) is 0 Å². The van der Waals surface area contributed by atoms with E-state index in [0.29, 0.717) is 6.61 Å². The fraction of sp³-hybridized carbons (Fsp3) is 0.435. The van der Waals surface area contributed by atoms with Gasteiger partial charge in [0.05, 0.1) is 6.61 Å². The van der Waals surface area contributed by atoms with E-state index in [-0.39, 0.29) is 11.9 Å². The lowest BCUT2D eigenvalue weighted by atomic mass is 10.0. The summed E-state index contributed by atoms with van der Waals surface area (Å²) in [6, 6.07) is 19.1. The van der Waals surface area contributed by atoms with E-state index in [1.165, 1.54) is 18.4 Å². The van der Waals surface area contributed by atoms with E-state index in [9.17, 15) is 4.79 Å². The maximum Gasteiger partial charge on any atom is 0.254 e. The molecule has 2 aromatic rings. The summed E-state index contributed by atoms with van der Waals surface area (Å²) >= 11 is 0. The fourth-order valence-corrected chi connectivity index (χ4v) is 4.01. The van der Waals surface area contributed by atoms with Crippen molar-refractivity contribution in [3.8, 4) is 5.75 Å². The number of piperazine rings is 1. The molecule has 1 unspecified atom stereocenters. The van der Waals surface area contributed by atoms with Gasteiger partial charge in [-0.2, -0.15) is 0 Å². The molecule has 2 aromatic carbocycles. The second kappa shape index (κ2) is 8.13. The average Bonchev–Trinajstić information content (AvgIpc) is 3.54. The van der Waals surface area contributed by atoms with Crippen LogP contribution in [-0.2, 0) is 6.42 Å². The van der Waals surface area contributed by atoms with Gasteiger partial charge in [-0.25, -0.2) is 0 Å². The summed E-state index contributed by atoms with van der Waals surface area (Å²) in [5.41, 5.74) is 2.04. The lowest BCUT2D eigenvalue weighted by Gasteiger charge is -2.42. The van der Waals surface area contributed by atoms with Crippen LogP contribution in [-0.4, -0.2) is 54.0 Å². The number of hydrogen-bond acceptors (Lipinski definition) is 3. The quantitative estimate of drug-likeness (QED) is 0.785. The molecule has 2 aliphatic rings. The second-order valence-corrected chi connectivity index (χ2v) is 7.53. The molecule has 1 atom stereocenters. The zero-order valence-electron chi connectivity index (χ0n) is 16.0. The van der Waals surface area contributed by atoms with Crippen molar-refractivity contribution in [2.75, 3.05) is 26.2 Å². The molecule has 4 nitrogen and oxygen atoms in total. The topological polar surface area (TPSA) is 32.8 Å². The molecule has 142 valence electrons. The van der Waals surface area contributed by atoms with E-state index in [1.807, 2.05) is 37.3 Å². The SMILES string of the molecule is CCOc1ccc(C(=O)N2CCN(C3CC3)CC2Cc2ccccc2)cc1. The summed E-state index contributed by atoms with van der Waals surface area (Å²) < 4.78 is 5.50. The predicted molar refractivity (Wildman–Crippen MR) is 107 cm³/mol. The number of hydrogen-bond donors (Lipinski definition) is 0. The fourth-order valence-electron chi connectivity index (χ4n) is 4.01.